The molecular formula is C12H16N2O3. The molecule has 1 aromatic carbocycles. The summed E-state index contributed by atoms with van der Waals surface area (Å²) in [6.07, 6.45) is 0.878. The highest BCUT2D eigenvalue weighted by Crippen LogP contribution is 2.32. The van der Waals surface area contributed by atoms with Gasteiger partial charge in [-0.1, -0.05) is 12.1 Å². The number of nitrogens with one attached hydrogen (secondary N) is 1. The largest absolute Gasteiger partial charge is 0.490 e. The van der Waals surface area contributed by atoms with Gasteiger partial charge in [-0.25, -0.2) is 0 Å². The SMILES string of the molecule is NC(=O)CNCc1cccc2c1OCCCO2. The van der Waals surface area contributed by atoms with Gasteiger partial charge in [-0.3, -0.25) is 4.79 Å². The second-order valence-electron chi connectivity index (χ2n) is 3.86. The maximum absolute atomic E-state index is 10.6. The van der Waals surface area contributed by atoms with E-state index in [0.29, 0.717) is 19.8 Å². The number of hydrogen-bond donors (Lipinski definition) is 2. The first-order valence-corrected chi connectivity index (χ1v) is 5.64. The number of benzene rings is 1. The summed E-state index contributed by atoms with van der Waals surface area (Å²) in [6.45, 7) is 2.02. The Labute approximate surface area is 99.9 Å². The molecule has 5 heteroatoms. The maximum Gasteiger partial charge on any atom is 0.231 e. The number of primary amides is 1. The van der Waals surface area contributed by atoms with Crippen molar-refractivity contribution < 1.29 is 14.3 Å². The normalized spacial score (nSPS) is 14.1. The zero-order valence-electron chi connectivity index (χ0n) is 9.57. The van der Waals surface area contributed by atoms with E-state index >= 15 is 0 Å². The molecule has 0 bridgehead atoms. The highest BCUT2D eigenvalue weighted by Gasteiger charge is 2.13. The molecule has 1 aliphatic heterocycles. The molecule has 1 aliphatic rings. The fourth-order valence-electron chi connectivity index (χ4n) is 1.71. The number of carbonyl (C=O) groups excluding carboxylic acids is 1. The number of carbonyl (C=O) groups is 1. The average Bonchev–Trinajstić information content (AvgIpc) is 2.54. The summed E-state index contributed by atoms with van der Waals surface area (Å²) in [4.78, 5) is 10.6. The lowest BCUT2D eigenvalue weighted by molar-refractivity contribution is -0.117. The predicted octanol–water partition coefficient (Wildman–Crippen LogP) is 0.423. The molecule has 0 saturated carbocycles. The predicted molar refractivity (Wildman–Crippen MR) is 63.0 cm³/mol. The average molecular weight is 236 g/mol. The summed E-state index contributed by atoms with van der Waals surface area (Å²) in [5.74, 6) is 1.16. The highest BCUT2D eigenvalue weighted by molar-refractivity contribution is 5.75. The zero-order chi connectivity index (χ0) is 12.1. The lowest BCUT2D eigenvalue weighted by Gasteiger charge is -2.12. The molecule has 2 rings (SSSR count). The Kier molecular flexibility index (Phi) is 3.82. The first-order valence-electron chi connectivity index (χ1n) is 5.64. The molecule has 5 nitrogen and oxygen atoms in total. The van der Waals surface area contributed by atoms with Gasteiger partial charge < -0.3 is 20.5 Å². The van der Waals surface area contributed by atoms with Gasteiger partial charge in [0.1, 0.15) is 0 Å². The molecule has 0 aliphatic carbocycles. The third-order valence-electron chi connectivity index (χ3n) is 2.47. The van der Waals surface area contributed by atoms with E-state index in [1.807, 2.05) is 18.2 Å². The minimum Gasteiger partial charge on any atom is -0.490 e. The van der Waals surface area contributed by atoms with Crippen LogP contribution in [0.2, 0.25) is 0 Å². The second kappa shape index (κ2) is 5.54. The van der Waals surface area contributed by atoms with E-state index in [4.69, 9.17) is 15.2 Å². The molecule has 0 saturated heterocycles. The van der Waals surface area contributed by atoms with Crippen molar-refractivity contribution in [2.75, 3.05) is 19.8 Å². The van der Waals surface area contributed by atoms with E-state index in [0.717, 1.165) is 23.5 Å². The maximum atomic E-state index is 10.6. The van der Waals surface area contributed by atoms with Crippen molar-refractivity contribution in [1.29, 1.82) is 0 Å². The Morgan fingerprint density at radius 1 is 1.35 bits per heavy atom. The molecule has 0 aromatic heterocycles. The van der Waals surface area contributed by atoms with E-state index in [-0.39, 0.29) is 12.5 Å². The summed E-state index contributed by atoms with van der Waals surface area (Å²) in [7, 11) is 0. The Morgan fingerprint density at radius 2 is 2.18 bits per heavy atom. The number of rotatable bonds is 4. The molecule has 1 amide bonds. The van der Waals surface area contributed by atoms with Crippen molar-refractivity contribution in [1.82, 2.24) is 5.32 Å². The van der Waals surface area contributed by atoms with Gasteiger partial charge in [0.25, 0.3) is 0 Å². The molecular weight excluding hydrogens is 220 g/mol. The Bertz CT molecular complexity index is 407. The molecule has 0 atom stereocenters. The zero-order valence-corrected chi connectivity index (χ0v) is 9.57. The Morgan fingerprint density at radius 3 is 3.00 bits per heavy atom. The van der Waals surface area contributed by atoms with Gasteiger partial charge in [-0.05, 0) is 6.07 Å². The molecule has 1 heterocycles. The third-order valence-corrected chi connectivity index (χ3v) is 2.47. The van der Waals surface area contributed by atoms with Gasteiger partial charge in [-0.15, -0.1) is 0 Å². The summed E-state index contributed by atoms with van der Waals surface area (Å²) < 4.78 is 11.2. The topological polar surface area (TPSA) is 73.6 Å². The smallest absolute Gasteiger partial charge is 0.231 e. The first kappa shape index (κ1) is 11.7. The number of fused-ring (bicyclic) bond motifs is 1. The van der Waals surface area contributed by atoms with E-state index in [2.05, 4.69) is 5.32 Å². The van der Waals surface area contributed by atoms with Crippen molar-refractivity contribution in [2.24, 2.45) is 5.73 Å². The van der Waals surface area contributed by atoms with Gasteiger partial charge in [0.15, 0.2) is 11.5 Å². The molecule has 3 N–H and O–H groups in total. The van der Waals surface area contributed by atoms with Crippen LogP contribution in [0.3, 0.4) is 0 Å². The lowest BCUT2D eigenvalue weighted by atomic mass is 10.2. The molecule has 1 aromatic rings. The fourth-order valence-corrected chi connectivity index (χ4v) is 1.71. The summed E-state index contributed by atoms with van der Waals surface area (Å²) in [6, 6.07) is 5.74. The molecule has 0 spiro atoms. The lowest BCUT2D eigenvalue weighted by Crippen LogP contribution is -2.28. The first-order chi connectivity index (χ1) is 8.27. The second-order valence-corrected chi connectivity index (χ2v) is 3.86. The van der Waals surface area contributed by atoms with E-state index in [1.54, 1.807) is 0 Å². The summed E-state index contributed by atoms with van der Waals surface area (Å²) in [5.41, 5.74) is 6.04. The Balaban J connectivity index is 2.08. The molecule has 92 valence electrons. The van der Waals surface area contributed by atoms with Gasteiger partial charge in [0.2, 0.25) is 5.91 Å². The molecule has 0 radical (unpaired) electrons. The minimum atomic E-state index is -0.371. The van der Waals surface area contributed by atoms with Gasteiger partial charge in [0, 0.05) is 18.5 Å². The molecule has 0 unspecified atom stereocenters. The van der Waals surface area contributed by atoms with E-state index in [9.17, 15) is 4.79 Å². The summed E-state index contributed by atoms with van der Waals surface area (Å²) in [5, 5.41) is 2.96. The Hall–Kier alpha value is -1.75. The molecule has 17 heavy (non-hydrogen) atoms. The van der Waals surface area contributed by atoms with Crippen LogP contribution >= 0.6 is 0 Å². The van der Waals surface area contributed by atoms with Crippen molar-refractivity contribution in [3.8, 4) is 11.5 Å². The van der Waals surface area contributed by atoms with Crippen LogP contribution in [-0.2, 0) is 11.3 Å². The number of para-hydroxylation sites is 1. The standard InChI is InChI=1S/C12H16N2O3/c13-11(15)8-14-7-9-3-1-4-10-12(9)17-6-2-5-16-10/h1,3-4,14H,2,5-8H2,(H2,13,15). The third kappa shape index (κ3) is 3.10. The monoisotopic (exact) mass is 236 g/mol. The molecule has 0 fully saturated rings. The summed E-state index contributed by atoms with van der Waals surface area (Å²) >= 11 is 0. The quantitative estimate of drug-likeness (QED) is 0.794. The van der Waals surface area contributed by atoms with Crippen LogP contribution in [0.5, 0.6) is 11.5 Å². The van der Waals surface area contributed by atoms with Crippen LogP contribution in [0, 0.1) is 0 Å². The van der Waals surface area contributed by atoms with Crippen LogP contribution in [0.1, 0.15) is 12.0 Å². The minimum absolute atomic E-state index is 0.157. The van der Waals surface area contributed by atoms with Gasteiger partial charge in [0.05, 0.1) is 19.8 Å². The fraction of sp³-hybridized carbons (Fsp3) is 0.417. The number of amides is 1. The number of nitrogens with two attached hydrogens (primary N) is 1. The van der Waals surface area contributed by atoms with Crippen LogP contribution < -0.4 is 20.5 Å². The highest BCUT2D eigenvalue weighted by atomic mass is 16.5. The van der Waals surface area contributed by atoms with Crippen molar-refractivity contribution in [3.05, 3.63) is 23.8 Å². The van der Waals surface area contributed by atoms with Gasteiger partial charge >= 0.3 is 0 Å². The van der Waals surface area contributed by atoms with Crippen molar-refractivity contribution in [3.63, 3.8) is 0 Å². The van der Waals surface area contributed by atoms with Crippen LogP contribution in [0.15, 0.2) is 18.2 Å². The van der Waals surface area contributed by atoms with Gasteiger partial charge in [-0.2, -0.15) is 0 Å². The van der Waals surface area contributed by atoms with E-state index in [1.165, 1.54) is 0 Å². The number of ether oxygens (including phenoxy) is 2. The van der Waals surface area contributed by atoms with Crippen molar-refractivity contribution in [2.45, 2.75) is 13.0 Å². The number of hydrogen-bond acceptors (Lipinski definition) is 4. The van der Waals surface area contributed by atoms with E-state index < -0.39 is 0 Å². The van der Waals surface area contributed by atoms with Crippen molar-refractivity contribution >= 4 is 5.91 Å². The van der Waals surface area contributed by atoms with Crippen LogP contribution in [0.25, 0.3) is 0 Å². The van der Waals surface area contributed by atoms with Crippen LogP contribution in [0.4, 0.5) is 0 Å². The van der Waals surface area contributed by atoms with Crippen LogP contribution in [-0.4, -0.2) is 25.7 Å².